The van der Waals surface area contributed by atoms with Crippen molar-refractivity contribution in [2.45, 2.75) is 33.4 Å². The van der Waals surface area contributed by atoms with Crippen LogP contribution in [0.25, 0.3) is 6.08 Å². The summed E-state index contributed by atoms with van der Waals surface area (Å²) in [6.45, 7) is 6.06. The number of aromatic nitrogens is 1. The Hall–Kier alpha value is -3.66. The highest BCUT2D eigenvalue weighted by atomic mass is 79.9. The van der Waals surface area contributed by atoms with E-state index in [1.54, 1.807) is 31.6 Å². The molecule has 0 amide bonds. The molecule has 0 aliphatic carbocycles. The van der Waals surface area contributed by atoms with Crippen LogP contribution in [0, 0.1) is 6.92 Å². The summed E-state index contributed by atoms with van der Waals surface area (Å²) in [5.41, 5.74) is 4.19. The number of hydrogen-bond acceptors (Lipinski definition) is 7. The Kier molecular flexibility index (Phi) is 9.01. The van der Waals surface area contributed by atoms with Crippen molar-refractivity contribution in [3.05, 3.63) is 123 Å². The number of aryl methyl sites for hydroxylation is 1. The normalized spacial score (nSPS) is 14.8. The van der Waals surface area contributed by atoms with Crippen LogP contribution in [0.5, 0.6) is 11.5 Å². The van der Waals surface area contributed by atoms with Gasteiger partial charge >= 0.3 is 5.97 Å². The smallest absolute Gasteiger partial charge is 0.338 e. The van der Waals surface area contributed by atoms with Crippen LogP contribution in [-0.4, -0.2) is 24.3 Å². The van der Waals surface area contributed by atoms with E-state index in [9.17, 15) is 9.59 Å². The summed E-state index contributed by atoms with van der Waals surface area (Å²) in [7, 11) is 1.57. The monoisotopic (exact) mass is 666 g/mol. The second-order valence-electron chi connectivity index (χ2n) is 9.66. The molecule has 1 atom stereocenters. The van der Waals surface area contributed by atoms with Crippen molar-refractivity contribution >= 4 is 50.9 Å². The highest BCUT2D eigenvalue weighted by molar-refractivity contribution is 9.10. The fraction of sp³-hybridized carbons (Fsp3) is 0.219. The Morgan fingerprint density at radius 1 is 1.12 bits per heavy atom. The maximum Gasteiger partial charge on any atom is 0.338 e. The average Bonchev–Trinajstić information content (AvgIpc) is 3.26. The molecule has 1 aliphatic rings. The Morgan fingerprint density at radius 2 is 1.83 bits per heavy atom. The molecule has 0 N–H and O–H groups in total. The Bertz CT molecular complexity index is 1860. The highest BCUT2D eigenvalue weighted by Gasteiger charge is 2.33. The largest absolute Gasteiger partial charge is 0.493 e. The van der Waals surface area contributed by atoms with Crippen molar-refractivity contribution in [3.63, 3.8) is 0 Å². The second kappa shape index (κ2) is 12.7. The Morgan fingerprint density at radius 3 is 2.50 bits per heavy atom. The minimum atomic E-state index is -0.659. The molecule has 1 aliphatic heterocycles. The molecule has 0 saturated carbocycles. The third kappa shape index (κ3) is 6.09. The molecule has 0 saturated heterocycles. The number of rotatable bonds is 8. The predicted octanol–water partition coefficient (Wildman–Crippen LogP) is 6.11. The summed E-state index contributed by atoms with van der Waals surface area (Å²) < 4.78 is 19.8. The number of hydrogen-bond donors (Lipinski definition) is 0. The summed E-state index contributed by atoms with van der Waals surface area (Å²) in [6.07, 6.45) is 1.79. The molecule has 216 valence electrons. The average molecular weight is 668 g/mol. The molecule has 42 heavy (non-hydrogen) atoms. The number of allylic oxidation sites excluding steroid dienone is 1. The van der Waals surface area contributed by atoms with Gasteiger partial charge in [-0.25, -0.2) is 9.79 Å². The summed E-state index contributed by atoms with van der Waals surface area (Å²) in [5, 5.41) is 0.657. The van der Waals surface area contributed by atoms with Gasteiger partial charge in [-0.05, 0) is 83.7 Å². The zero-order chi connectivity index (χ0) is 30.0. The third-order valence-electron chi connectivity index (χ3n) is 6.76. The van der Waals surface area contributed by atoms with Gasteiger partial charge in [0.15, 0.2) is 16.3 Å². The van der Waals surface area contributed by atoms with Crippen LogP contribution in [-0.2, 0) is 16.1 Å². The molecule has 1 aromatic heterocycles. The molecular formula is C32H28BrClN2O5S. The first-order valence-corrected chi connectivity index (χ1v) is 15.2. The van der Waals surface area contributed by atoms with Crippen LogP contribution in [0.1, 0.15) is 42.1 Å². The maximum atomic E-state index is 13.9. The second-order valence-corrected chi connectivity index (χ2v) is 12.0. The number of thiazole rings is 1. The summed E-state index contributed by atoms with van der Waals surface area (Å²) in [5.74, 6) is 0.567. The van der Waals surface area contributed by atoms with Gasteiger partial charge in [0.1, 0.15) is 6.61 Å². The van der Waals surface area contributed by atoms with Gasteiger partial charge in [0, 0.05) is 5.02 Å². The van der Waals surface area contributed by atoms with E-state index in [0.717, 1.165) is 22.3 Å². The van der Waals surface area contributed by atoms with Gasteiger partial charge < -0.3 is 14.2 Å². The topological polar surface area (TPSA) is 79.1 Å². The lowest BCUT2D eigenvalue weighted by atomic mass is 9.95. The highest BCUT2D eigenvalue weighted by Crippen LogP contribution is 2.37. The van der Waals surface area contributed by atoms with Crippen molar-refractivity contribution in [1.82, 2.24) is 4.57 Å². The van der Waals surface area contributed by atoms with Gasteiger partial charge in [0.25, 0.3) is 5.56 Å². The molecular weight excluding hydrogens is 640 g/mol. The van der Waals surface area contributed by atoms with Crippen molar-refractivity contribution < 1.29 is 19.0 Å². The SMILES string of the molecule is CCOC(=O)C1=C(C)N=c2s/c(=C\c3cc(Br)c(OCc4ccc(Cl)cc4)c(OC)c3)c(=O)n2[C@H]1c1ccc(C)cc1. The lowest BCUT2D eigenvalue weighted by Crippen LogP contribution is -2.39. The van der Waals surface area contributed by atoms with E-state index >= 15 is 0 Å². The van der Waals surface area contributed by atoms with Crippen molar-refractivity contribution in [2.24, 2.45) is 4.99 Å². The molecule has 0 unspecified atom stereocenters. The van der Waals surface area contributed by atoms with Crippen LogP contribution in [0.2, 0.25) is 5.02 Å². The van der Waals surface area contributed by atoms with Crippen LogP contribution in [0.3, 0.4) is 0 Å². The van der Waals surface area contributed by atoms with E-state index in [-0.39, 0.29) is 12.2 Å². The summed E-state index contributed by atoms with van der Waals surface area (Å²) >= 11 is 10.9. The quantitative estimate of drug-likeness (QED) is 0.212. The predicted molar refractivity (Wildman–Crippen MR) is 168 cm³/mol. The number of fused-ring (bicyclic) bond motifs is 1. The van der Waals surface area contributed by atoms with E-state index in [2.05, 4.69) is 20.9 Å². The fourth-order valence-corrected chi connectivity index (χ4v) is 6.45. The van der Waals surface area contributed by atoms with Gasteiger partial charge in [-0.3, -0.25) is 9.36 Å². The number of ether oxygens (including phenoxy) is 3. The van der Waals surface area contributed by atoms with Crippen LogP contribution in [0.15, 0.2) is 86.2 Å². The molecule has 0 spiro atoms. The third-order valence-corrected chi connectivity index (χ3v) is 8.58. The summed E-state index contributed by atoms with van der Waals surface area (Å²) in [4.78, 5) is 32.2. The first kappa shape index (κ1) is 29.8. The lowest BCUT2D eigenvalue weighted by molar-refractivity contribution is -0.139. The number of nitrogens with zero attached hydrogens (tertiary/aromatic N) is 2. The molecule has 0 bridgehead atoms. The summed E-state index contributed by atoms with van der Waals surface area (Å²) in [6, 6.07) is 18.2. The van der Waals surface area contributed by atoms with Gasteiger partial charge in [-0.15, -0.1) is 0 Å². The molecule has 7 nitrogen and oxygen atoms in total. The number of halogens is 2. The standard InChI is InChI=1S/C32H28BrClN2O5S/c1-5-40-31(38)27-19(3)35-32-36(28(27)22-10-6-18(2)7-11-22)30(37)26(42-32)16-21-14-24(33)29(25(15-21)39-4)41-17-20-8-12-23(34)13-9-20/h6-16,28H,5,17H2,1-4H3/b26-16-/t28-/m0/s1. The van der Waals surface area contributed by atoms with Crippen molar-refractivity contribution in [2.75, 3.05) is 13.7 Å². The van der Waals surface area contributed by atoms with Gasteiger partial charge in [-0.2, -0.15) is 0 Å². The van der Waals surface area contributed by atoms with Crippen LogP contribution >= 0.6 is 38.9 Å². The van der Waals surface area contributed by atoms with E-state index in [1.165, 1.54) is 11.3 Å². The number of esters is 1. The number of carbonyl (C=O) groups is 1. The number of methoxy groups -OCH3 is 1. The lowest BCUT2D eigenvalue weighted by Gasteiger charge is -2.24. The minimum Gasteiger partial charge on any atom is -0.493 e. The maximum absolute atomic E-state index is 13.9. The zero-order valence-corrected chi connectivity index (χ0v) is 26.6. The van der Waals surface area contributed by atoms with E-state index in [1.807, 2.05) is 67.6 Å². The molecule has 3 aromatic carbocycles. The Labute approximate surface area is 260 Å². The van der Waals surface area contributed by atoms with Gasteiger partial charge in [0.05, 0.1) is 40.0 Å². The molecule has 0 radical (unpaired) electrons. The molecule has 0 fully saturated rings. The minimum absolute atomic E-state index is 0.219. The Balaban J connectivity index is 1.56. The number of carbonyl (C=O) groups excluding carboxylic acids is 1. The molecule has 5 rings (SSSR count). The first-order chi connectivity index (χ1) is 20.2. The van der Waals surface area contributed by atoms with E-state index in [0.29, 0.717) is 48.2 Å². The zero-order valence-electron chi connectivity index (χ0n) is 23.4. The van der Waals surface area contributed by atoms with E-state index < -0.39 is 12.0 Å². The first-order valence-electron chi connectivity index (χ1n) is 13.2. The van der Waals surface area contributed by atoms with Gasteiger partial charge in [0.2, 0.25) is 0 Å². The van der Waals surface area contributed by atoms with Crippen molar-refractivity contribution in [3.8, 4) is 11.5 Å². The van der Waals surface area contributed by atoms with Crippen molar-refractivity contribution in [1.29, 1.82) is 0 Å². The van der Waals surface area contributed by atoms with Crippen LogP contribution < -0.4 is 24.4 Å². The number of benzene rings is 3. The van der Waals surface area contributed by atoms with E-state index in [4.69, 9.17) is 25.8 Å². The van der Waals surface area contributed by atoms with Crippen LogP contribution in [0.4, 0.5) is 0 Å². The molecule has 10 heteroatoms. The van der Waals surface area contributed by atoms with Gasteiger partial charge in [-0.1, -0.05) is 64.9 Å². The molecule has 2 heterocycles. The fourth-order valence-electron chi connectivity index (χ4n) is 4.71. The molecule has 4 aromatic rings.